The molecule has 0 aromatic heterocycles. The van der Waals surface area contributed by atoms with Crippen molar-refractivity contribution in [3.05, 3.63) is 35.9 Å². The molecule has 1 aliphatic rings. The zero-order chi connectivity index (χ0) is 15.8. The summed E-state index contributed by atoms with van der Waals surface area (Å²) in [5.74, 6) is 0.780. The summed E-state index contributed by atoms with van der Waals surface area (Å²) >= 11 is 1.69. The molecule has 1 aliphatic heterocycles. The van der Waals surface area contributed by atoms with Crippen molar-refractivity contribution in [2.24, 2.45) is 0 Å². The Bertz CT molecular complexity index is 495. The summed E-state index contributed by atoms with van der Waals surface area (Å²) in [7, 11) is 0. The van der Waals surface area contributed by atoms with Gasteiger partial charge in [0, 0.05) is 19.6 Å². The number of hydrogen-bond acceptors (Lipinski definition) is 3. The lowest BCUT2D eigenvalue weighted by molar-refractivity contribution is -0.125. The molecule has 1 saturated heterocycles. The normalized spacial score (nSPS) is 16.0. The van der Waals surface area contributed by atoms with Crippen LogP contribution in [0.5, 0.6) is 0 Å². The van der Waals surface area contributed by atoms with Crippen LogP contribution in [-0.4, -0.2) is 48.0 Å². The van der Waals surface area contributed by atoms with Crippen LogP contribution >= 0.6 is 11.8 Å². The number of thioether (sulfide) groups is 1. The molecular weight excluding hydrogens is 298 g/mol. The molecule has 1 unspecified atom stereocenters. The summed E-state index contributed by atoms with van der Waals surface area (Å²) in [6.07, 6.45) is 3.57. The fraction of sp³-hybridized carbons (Fsp3) is 0.500. The average Bonchev–Trinajstić information content (AvgIpc) is 2.55. The topological polar surface area (TPSA) is 61.4 Å². The SMILES string of the molecule is CSCCC(C(=O)NCc1ccccc1)N1CCCNC1=O. The van der Waals surface area contributed by atoms with E-state index >= 15 is 0 Å². The van der Waals surface area contributed by atoms with E-state index in [1.54, 1.807) is 16.7 Å². The standard InChI is InChI=1S/C16H23N3O2S/c1-22-11-8-14(19-10-5-9-17-16(19)21)15(20)18-12-13-6-3-2-4-7-13/h2-4,6-7,14H,5,8-12H2,1H3,(H,17,21)(H,18,20). The second-order valence-corrected chi connectivity index (χ2v) is 6.27. The van der Waals surface area contributed by atoms with Gasteiger partial charge in [-0.1, -0.05) is 30.3 Å². The fourth-order valence-corrected chi connectivity index (χ4v) is 2.96. The van der Waals surface area contributed by atoms with Gasteiger partial charge in [-0.15, -0.1) is 0 Å². The molecule has 2 rings (SSSR count). The number of nitrogens with zero attached hydrogens (tertiary/aromatic N) is 1. The van der Waals surface area contributed by atoms with E-state index in [2.05, 4.69) is 10.6 Å². The van der Waals surface area contributed by atoms with Gasteiger partial charge in [-0.25, -0.2) is 4.79 Å². The van der Waals surface area contributed by atoms with Crippen LogP contribution in [0.15, 0.2) is 30.3 Å². The van der Waals surface area contributed by atoms with Gasteiger partial charge < -0.3 is 15.5 Å². The van der Waals surface area contributed by atoms with E-state index in [0.29, 0.717) is 26.1 Å². The van der Waals surface area contributed by atoms with Gasteiger partial charge in [0.2, 0.25) is 5.91 Å². The summed E-state index contributed by atoms with van der Waals surface area (Å²) in [4.78, 5) is 26.2. The van der Waals surface area contributed by atoms with Gasteiger partial charge >= 0.3 is 6.03 Å². The summed E-state index contributed by atoms with van der Waals surface area (Å²) in [5.41, 5.74) is 1.06. The molecule has 22 heavy (non-hydrogen) atoms. The van der Waals surface area contributed by atoms with Crippen LogP contribution < -0.4 is 10.6 Å². The van der Waals surface area contributed by atoms with E-state index in [1.165, 1.54) is 0 Å². The van der Waals surface area contributed by atoms with Crippen molar-refractivity contribution in [1.82, 2.24) is 15.5 Å². The minimum absolute atomic E-state index is 0.0741. The molecule has 1 atom stereocenters. The molecule has 6 heteroatoms. The Kier molecular flexibility index (Phi) is 6.58. The Labute approximate surface area is 135 Å². The van der Waals surface area contributed by atoms with E-state index in [-0.39, 0.29) is 11.9 Å². The Hall–Kier alpha value is -1.69. The Morgan fingerprint density at radius 1 is 1.41 bits per heavy atom. The third kappa shape index (κ3) is 4.66. The molecule has 0 spiro atoms. The van der Waals surface area contributed by atoms with Crippen LogP contribution in [0.2, 0.25) is 0 Å². The van der Waals surface area contributed by atoms with Crippen LogP contribution in [-0.2, 0) is 11.3 Å². The smallest absolute Gasteiger partial charge is 0.318 e. The fourth-order valence-electron chi connectivity index (χ4n) is 2.51. The number of rotatable bonds is 7. The molecule has 5 nitrogen and oxygen atoms in total. The Morgan fingerprint density at radius 2 is 2.18 bits per heavy atom. The molecule has 0 saturated carbocycles. The predicted octanol–water partition coefficient (Wildman–Crippen LogP) is 1.84. The number of hydrogen-bond donors (Lipinski definition) is 2. The van der Waals surface area contributed by atoms with Crippen molar-refractivity contribution in [3.63, 3.8) is 0 Å². The largest absolute Gasteiger partial charge is 0.350 e. The van der Waals surface area contributed by atoms with Crippen molar-refractivity contribution in [3.8, 4) is 0 Å². The van der Waals surface area contributed by atoms with E-state index in [1.807, 2.05) is 36.6 Å². The van der Waals surface area contributed by atoms with Gasteiger partial charge in [0.05, 0.1) is 0 Å². The van der Waals surface area contributed by atoms with Crippen LogP contribution in [0.1, 0.15) is 18.4 Å². The maximum atomic E-state index is 12.5. The number of urea groups is 1. The van der Waals surface area contributed by atoms with Gasteiger partial charge in [0.25, 0.3) is 0 Å². The second-order valence-electron chi connectivity index (χ2n) is 5.28. The maximum absolute atomic E-state index is 12.5. The molecule has 2 N–H and O–H groups in total. The summed E-state index contributed by atoms with van der Waals surface area (Å²) < 4.78 is 0. The van der Waals surface area contributed by atoms with E-state index in [9.17, 15) is 9.59 Å². The number of amides is 3. The molecule has 0 bridgehead atoms. The van der Waals surface area contributed by atoms with Crippen molar-refractivity contribution in [2.45, 2.75) is 25.4 Å². The molecule has 1 heterocycles. The quantitative estimate of drug-likeness (QED) is 0.805. The molecule has 1 aromatic carbocycles. The lowest BCUT2D eigenvalue weighted by Crippen LogP contribution is -2.56. The zero-order valence-corrected chi connectivity index (χ0v) is 13.7. The minimum Gasteiger partial charge on any atom is -0.350 e. The monoisotopic (exact) mass is 321 g/mol. The number of nitrogens with one attached hydrogen (secondary N) is 2. The van der Waals surface area contributed by atoms with Crippen molar-refractivity contribution in [2.75, 3.05) is 25.1 Å². The lowest BCUT2D eigenvalue weighted by Gasteiger charge is -2.34. The van der Waals surface area contributed by atoms with Crippen LogP contribution in [0.4, 0.5) is 4.79 Å². The maximum Gasteiger partial charge on any atom is 0.318 e. The molecule has 1 fully saturated rings. The van der Waals surface area contributed by atoms with E-state index in [4.69, 9.17) is 0 Å². The number of benzene rings is 1. The first kappa shape index (κ1) is 16.7. The van der Waals surface area contributed by atoms with E-state index in [0.717, 1.165) is 17.7 Å². The molecule has 0 radical (unpaired) electrons. The van der Waals surface area contributed by atoms with Gasteiger partial charge in [-0.2, -0.15) is 11.8 Å². The van der Waals surface area contributed by atoms with Gasteiger partial charge in [0.1, 0.15) is 6.04 Å². The summed E-state index contributed by atoms with van der Waals surface area (Å²) in [6, 6.07) is 9.28. The first-order valence-electron chi connectivity index (χ1n) is 7.57. The Morgan fingerprint density at radius 3 is 2.86 bits per heavy atom. The minimum atomic E-state index is -0.392. The molecule has 3 amide bonds. The molecular formula is C16H23N3O2S. The second kappa shape index (κ2) is 8.68. The first-order valence-corrected chi connectivity index (χ1v) is 8.97. The van der Waals surface area contributed by atoms with Gasteiger partial charge in [-0.05, 0) is 30.4 Å². The number of carbonyl (C=O) groups excluding carboxylic acids is 2. The highest BCUT2D eigenvalue weighted by atomic mass is 32.2. The van der Waals surface area contributed by atoms with Gasteiger partial charge in [-0.3, -0.25) is 4.79 Å². The third-order valence-corrected chi connectivity index (χ3v) is 4.34. The average molecular weight is 321 g/mol. The summed E-state index contributed by atoms with van der Waals surface area (Å²) in [6.45, 7) is 1.82. The molecule has 120 valence electrons. The predicted molar refractivity (Wildman–Crippen MR) is 89.8 cm³/mol. The van der Waals surface area contributed by atoms with Crippen LogP contribution in [0.25, 0.3) is 0 Å². The van der Waals surface area contributed by atoms with Gasteiger partial charge in [0.15, 0.2) is 0 Å². The highest BCUT2D eigenvalue weighted by molar-refractivity contribution is 7.98. The highest BCUT2D eigenvalue weighted by Crippen LogP contribution is 2.12. The third-order valence-electron chi connectivity index (χ3n) is 3.70. The first-order chi connectivity index (χ1) is 10.7. The number of carbonyl (C=O) groups is 2. The van der Waals surface area contributed by atoms with Crippen LogP contribution in [0, 0.1) is 0 Å². The zero-order valence-electron chi connectivity index (χ0n) is 12.9. The van der Waals surface area contributed by atoms with Crippen molar-refractivity contribution >= 4 is 23.7 Å². The van der Waals surface area contributed by atoms with Crippen molar-refractivity contribution < 1.29 is 9.59 Å². The molecule has 1 aromatic rings. The Balaban J connectivity index is 1.97. The molecule has 0 aliphatic carbocycles. The lowest BCUT2D eigenvalue weighted by atomic mass is 10.1. The van der Waals surface area contributed by atoms with Crippen LogP contribution in [0.3, 0.4) is 0 Å². The highest BCUT2D eigenvalue weighted by Gasteiger charge is 2.30. The van der Waals surface area contributed by atoms with E-state index < -0.39 is 6.04 Å². The summed E-state index contributed by atoms with van der Waals surface area (Å²) in [5, 5.41) is 5.77. The van der Waals surface area contributed by atoms with Crippen molar-refractivity contribution in [1.29, 1.82) is 0 Å².